The SMILES string of the molecule is CC[C@H](C)NC(=O)[C@@H]1CCCC[C@H]1C(=O)O. The Balaban J connectivity index is 2.60. The molecule has 4 nitrogen and oxygen atoms in total. The van der Waals surface area contributed by atoms with Gasteiger partial charge in [0.2, 0.25) is 5.91 Å². The van der Waals surface area contributed by atoms with Crippen LogP contribution in [0.3, 0.4) is 0 Å². The van der Waals surface area contributed by atoms with Crippen molar-refractivity contribution in [1.82, 2.24) is 5.32 Å². The molecule has 0 aromatic carbocycles. The fourth-order valence-electron chi connectivity index (χ4n) is 2.19. The number of hydrogen-bond donors (Lipinski definition) is 2. The quantitative estimate of drug-likeness (QED) is 0.769. The van der Waals surface area contributed by atoms with E-state index in [0.29, 0.717) is 12.8 Å². The second-order valence-corrected chi connectivity index (χ2v) is 4.65. The van der Waals surface area contributed by atoms with Crippen LogP contribution in [0.2, 0.25) is 0 Å². The summed E-state index contributed by atoms with van der Waals surface area (Å²) in [6.45, 7) is 3.94. The predicted octanol–water partition coefficient (Wildman–Crippen LogP) is 1.79. The standard InChI is InChI=1S/C12H21NO3/c1-3-8(2)13-11(14)9-6-4-5-7-10(9)12(15)16/h8-10H,3-7H2,1-2H3,(H,13,14)(H,15,16)/t8-,9+,10+/m0/s1. The molecule has 1 aliphatic rings. The van der Waals surface area contributed by atoms with Crippen molar-refractivity contribution in [1.29, 1.82) is 0 Å². The minimum absolute atomic E-state index is 0.0820. The van der Waals surface area contributed by atoms with E-state index in [2.05, 4.69) is 5.32 Å². The molecular formula is C12H21NO3. The molecule has 1 aliphatic carbocycles. The Hall–Kier alpha value is -1.06. The van der Waals surface area contributed by atoms with Crippen molar-refractivity contribution < 1.29 is 14.7 Å². The number of carboxylic acid groups (broad SMARTS) is 1. The van der Waals surface area contributed by atoms with Gasteiger partial charge in [0.25, 0.3) is 0 Å². The minimum atomic E-state index is -0.830. The summed E-state index contributed by atoms with van der Waals surface area (Å²) in [7, 11) is 0. The number of aliphatic carboxylic acids is 1. The summed E-state index contributed by atoms with van der Waals surface area (Å²) in [6.07, 6.45) is 4.09. The Labute approximate surface area is 96.4 Å². The summed E-state index contributed by atoms with van der Waals surface area (Å²) in [5, 5.41) is 12.0. The number of carbonyl (C=O) groups excluding carboxylic acids is 1. The first-order valence-corrected chi connectivity index (χ1v) is 6.09. The lowest BCUT2D eigenvalue weighted by Crippen LogP contribution is -2.42. The largest absolute Gasteiger partial charge is 0.481 e. The van der Waals surface area contributed by atoms with E-state index in [9.17, 15) is 9.59 Å². The van der Waals surface area contributed by atoms with Gasteiger partial charge in [-0.2, -0.15) is 0 Å². The normalized spacial score (nSPS) is 27.1. The molecule has 0 aromatic rings. The second kappa shape index (κ2) is 5.87. The molecule has 16 heavy (non-hydrogen) atoms. The minimum Gasteiger partial charge on any atom is -0.481 e. The summed E-state index contributed by atoms with van der Waals surface area (Å²) in [6, 6.07) is 0.129. The van der Waals surface area contributed by atoms with E-state index in [0.717, 1.165) is 19.3 Å². The number of carboxylic acids is 1. The van der Waals surface area contributed by atoms with Crippen molar-refractivity contribution in [3.63, 3.8) is 0 Å². The Morgan fingerprint density at radius 3 is 2.38 bits per heavy atom. The topological polar surface area (TPSA) is 66.4 Å². The van der Waals surface area contributed by atoms with Gasteiger partial charge in [0.05, 0.1) is 11.8 Å². The Morgan fingerprint density at radius 2 is 1.88 bits per heavy atom. The van der Waals surface area contributed by atoms with Crippen molar-refractivity contribution in [2.75, 3.05) is 0 Å². The highest BCUT2D eigenvalue weighted by Gasteiger charge is 2.35. The molecule has 0 aliphatic heterocycles. The third kappa shape index (κ3) is 3.22. The van der Waals surface area contributed by atoms with Crippen LogP contribution in [-0.2, 0) is 9.59 Å². The lowest BCUT2D eigenvalue weighted by Gasteiger charge is -2.28. The highest BCUT2D eigenvalue weighted by Crippen LogP contribution is 2.30. The molecule has 0 unspecified atom stereocenters. The summed E-state index contributed by atoms with van der Waals surface area (Å²) < 4.78 is 0. The molecule has 1 saturated carbocycles. The molecule has 0 heterocycles. The Morgan fingerprint density at radius 1 is 1.31 bits per heavy atom. The number of rotatable bonds is 4. The fourth-order valence-corrected chi connectivity index (χ4v) is 2.19. The number of carbonyl (C=O) groups is 2. The van der Waals surface area contributed by atoms with Crippen molar-refractivity contribution in [2.45, 2.75) is 52.0 Å². The van der Waals surface area contributed by atoms with Crippen LogP contribution < -0.4 is 5.32 Å². The van der Waals surface area contributed by atoms with Gasteiger partial charge in [0.15, 0.2) is 0 Å². The number of amides is 1. The average molecular weight is 227 g/mol. The molecule has 1 amide bonds. The first-order chi connectivity index (χ1) is 7.56. The maximum absolute atomic E-state index is 11.9. The number of nitrogens with one attached hydrogen (secondary N) is 1. The van der Waals surface area contributed by atoms with Crippen LogP contribution in [-0.4, -0.2) is 23.0 Å². The van der Waals surface area contributed by atoms with Crippen molar-refractivity contribution >= 4 is 11.9 Å². The molecule has 1 fully saturated rings. The van der Waals surface area contributed by atoms with E-state index in [1.807, 2.05) is 13.8 Å². The van der Waals surface area contributed by atoms with Crippen LogP contribution in [0.5, 0.6) is 0 Å². The first kappa shape index (κ1) is 13.0. The molecule has 3 atom stereocenters. The molecule has 1 rings (SSSR count). The van der Waals surface area contributed by atoms with Crippen LogP contribution in [0, 0.1) is 11.8 Å². The Kier molecular flexibility index (Phi) is 4.77. The lowest BCUT2D eigenvalue weighted by molar-refractivity contribution is -0.149. The Bertz CT molecular complexity index is 265. The van der Waals surface area contributed by atoms with Gasteiger partial charge in [0, 0.05) is 6.04 Å². The maximum atomic E-state index is 11.9. The average Bonchev–Trinajstić information content (AvgIpc) is 2.28. The zero-order valence-electron chi connectivity index (χ0n) is 10.0. The van der Waals surface area contributed by atoms with Crippen LogP contribution in [0.4, 0.5) is 0 Å². The highest BCUT2D eigenvalue weighted by atomic mass is 16.4. The van der Waals surface area contributed by atoms with E-state index in [4.69, 9.17) is 5.11 Å². The van der Waals surface area contributed by atoms with E-state index in [1.54, 1.807) is 0 Å². The van der Waals surface area contributed by atoms with E-state index in [-0.39, 0.29) is 17.9 Å². The van der Waals surface area contributed by atoms with Gasteiger partial charge >= 0.3 is 5.97 Å². The van der Waals surface area contributed by atoms with Gasteiger partial charge < -0.3 is 10.4 Å². The molecule has 92 valence electrons. The van der Waals surface area contributed by atoms with Gasteiger partial charge in [-0.1, -0.05) is 19.8 Å². The van der Waals surface area contributed by atoms with Crippen LogP contribution >= 0.6 is 0 Å². The summed E-state index contributed by atoms with van der Waals surface area (Å²) >= 11 is 0. The van der Waals surface area contributed by atoms with Crippen molar-refractivity contribution in [3.05, 3.63) is 0 Å². The van der Waals surface area contributed by atoms with Crippen molar-refractivity contribution in [2.24, 2.45) is 11.8 Å². The van der Waals surface area contributed by atoms with Crippen LogP contribution in [0.15, 0.2) is 0 Å². The first-order valence-electron chi connectivity index (χ1n) is 6.09. The molecule has 2 N–H and O–H groups in total. The van der Waals surface area contributed by atoms with Gasteiger partial charge in [-0.15, -0.1) is 0 Å². The monoisotopic (exact) mass is 227 g/mol. The highest BCUT2D eigenvalue weighted by molar-refractivity contribution is 5.85. The summed E-state index contributed by atoms with van der Waals surface area (Å²) in [4.78, 5) is 23.0. The molecule has 0 saturated heterocycles. The zero-order chi connectivity index (χ0) is 12.1. The second-order valence-electron chi connectivity index (χ2n) is 4.65. The summed E-state index contributed by atoms with van der Waals surface area (Å²) in [5.74, 6) is -1.73. The maximum Gasteiger partial charge on any atom is 0.307 e. The van der Waals surface area contributed by atoms with Crippen molar-refractivity contribution in [3.8, 4) is 0 Å². The third-order valence-electron chi connectivity index (χ3n) is 3.42. The summed E-state index contributed by atoms with van der Waals surface area (Å²) in [5.41, 5.74) is 0. The van der Waals surface area contributed by atoms with E-state index in [1.165, 1.54) is 0 Å². The molecular weight excluding hydrogens is 206 g/mol. The van der Waals surface area contributed by atoms with Crippen LogP contribution in [0.1, 0.15) is 46.0 Å². The molecule has 4 heteroatoms. The van der Waals surface area contributed by atoms with Gasteiger partial charge in [-0.3, -0.25) is 9.59 Å². The zero-order valence-corrected chi connectivity index (χ0v) is 10.0. The number of hydrogen-bond acceptors (Lipinski definition) is 2. The smallest absolute Gasteiger partial charge is 0.307 e. The lowest BCUT2D eigenvalue weighted by atomic mass is 9.78. The molecule has 0 aromatic heterocycles. The van der Waals surface area contributed by atoms with Gasteiger partial charge in [-0.05, 0) is 26.2 Å². The molecule has 0 spiro atoms. The van der Waals surface area contributed by atoms with E-state index >= 15 is 0 Å². The third-order valence-corrected chi connectivity index (χ3v) is 3.42. The van der Waals surface area contributed by atoms with Gasteiger partial charge in [0.1, 0.15) is 0 Å². The van der Waals surface area contributed by atoms with Crippen LogP contribution in [0.25, 0.3) is 0 Å². The molecule has 0 radical (unpaired) electrons. The fraction of sp³-hybridized carbons (Fsp3) is 0.833. The van der Waals surface area contributed by atoms with E-state index < -0.39 is 11.9 Å². The molecule has 0 bridgehead atoms. The predicted molar refractivity (Wildman–Crippen MR) is 61.0 cm³/mol. The van der Waals surface area contributed by atoms with Gasteiger partial charge in [-0.25, -0.2) is 0 Å².